The highest BCUT2D eigenvalue weighted by Gasteiger charge is 2.63. The lowest BCUT2D eigenvalue weighted by Crippen LogP contribution is -2.79. The van der Waals surface area contributed by atoms with Gasteiger partial charge in [-0.25, -0.2) is 4.79 Å². The maximum atomic E-state index is 13.2. The monoisotopic (exact) mass is 425 g/mol. The van der Waals surface area contributed by atoms with Gasteiger partial charge in [-0.3, -0.25) is 38.7 Å². The fourth-order valence-electron chi connectivity index (χ4n) is 4.28. The van der Waals surface area contributed by atoms with Gasteiger partial charge in [0.05, 0.1) is 18.2 Å². The van der Waals surface area contributed by atoms with Gasteiger partial charge in [-0.2, -0.15) is 0 Å². The van der Waals surface area contributed by atoms with Gasteiger partial charge in [-0.1, -0.05) is 18.7 Å². The minimum atomic E-state index is -1.44. The Balaban J connectivity index is 1.79. The summed E-state index contributed by atoms with van der Waals surface area (Å²) in [7, 11) is 1.13. The van der Waals surface area contributed by atoms with Gasteiger partial charge in [-0.15, -0.1) is 0 Å². The van der Waals surface area contributed by atoms with Crippen molar-refractivity contribution in [2.45, 2.75) is 38.0 Å². The van der Waals surface area contributed by atoms with Crippen molar-refractivity contribution in [3.63, 3.8) is 0 Å². The van der Waals surface area contributed by atoms with Crippen LogP contribution in [0.5, 0.6) is 0 Å². The van der Waals surface area contributed by atoms with Crippen LogP contribution in [-0.4, -0.2) is 75.6 Å². The van der Waals surface area contributed by atoms with Gasteiger partial charge in [0.1, 0.15) is 6.17 Å². The molecule has 1 unspecified atom stereocenters. The number of amides is 5. The average Bonchev–Trinajstić information content (AvgIpc) is 3.20. The van der Waals surface area contributed by atoms with Gasteiger partial charge in [0, 0.05) is 12.8 Å². The Labute approximate surface area is 177 Å². The van der Waals surface area contributed by atoms with Gasteiger partial charge < -0.3 is 4.74 Å². The molecule has 0 saturated carbocycles. The van der Waals surface area contributed by atoms with E-state index in [-0.39, 0.29) is 29.5 Å². The lowest BCUT2D eigenvalue weighted by molar-refractivity contribution is -0.184. The third-order valence-electron chi connectivity index (χ3n) is 5.70. The van der Waals surface area contributed by atoms with Gasteiger partial charge in [0.25, 0.3) is 17.7 Å². The van der Waals surface area contributed by atoms with Crippen LogP contribution in [0.3, 0.4) is 0 Å². The molecule has 4 rings (SSSR count). The molecule has 0 spiro atoms. The number of hydrogen-bond acceptors (Lipinski definition) is 7. The summed E-state index contributed by atoms with van der Waals surface area (Å²) < 4.78 is 4.77. The van der Waals surface area contributed by atoms with Crippen LogP contribution in [-0.2, 0) is 23.9 Å². The lowest BCUT2D eigenvalue weighted by atomic mass is 9.93. The molecule has 2 saturated heterocycles. The van der Waals surface area contributed by atoms with E-state index in [0.717, 1.165) is 21.8 Å². The third-order valence-corrected chi connectivity index (χ3v) is 5.70. The summed E-state index contributed by atoms with van der Waals surface area (Å²) in [5.41, 5.74) is 0.493. The Morgan fingerprint density at radius 3 is 1.97 bits per heavy atom. The van der Waals surface area contributed by atoms with Crippen molar-refractivity contribution >= 4 is 35.5 Å². The number of fused-ring (bicyclic) bond motifs is 1. The number of hydrogen-bond donors (Lipinski definition) is 0. The number of β-lactam (4-membered cyclic amide) rings is 1. The largest absolute Gasteiger partial charge is 0.467 e. The predicted octanol–water partition coefficient (Wildman–Crippen LogP) is 0.0862. The Morgan fingerprint density at radius 1 is 1.00 bits per heavy atom. The Morgan fingerprint density at radius 2 is 1.52 bits per heavy atom. The third kappa shape index (κ3) is 2.78. The Hall–Kier alpha value is -3.82. The predicted molar refractivity (Wildman–Crippen MR) is 103 cm³/mol. The van der Waals surface area contributed by atoms with E-state index in [1.54, 1.807) is 12.1 Å². The van der Waals surface area contributed by atoms with Crippen LogP contribution in [0.1, 0.15) is 40.5 Å². The zero-order chi connectivity index (χ0) is 22.6. The second-order valence-electron chi connectivity index (χ2n) is 7.56. The van der Waals surface area contributed by atoms with Crippen molar-refractivity contribution in [3.8, 4) is 0 Å². The molecule has 3 aliphatic rings. The van der Waals surface area contributed by atoms with Crippen LogP contribution in [0.2, 0.25) is 0 Å². The van der Waals surface area contributed by atoms with E-state index in [0.29, 0.717) is 0 Å². The molecule has 3 atom stereocenters. The summed E-state index contributed by atoms with van der Waals surface area (Å²) in [4.78, 5) is 79.1. The van der Waals surface area contributed by atoms with Crippen molar-refractivity contribution in [2.24, 2.45) is 0 Å². The molecule has 5 amide bonds. The first-order valence-corrected chi connectivity index (χ1v) is 9.58. The van der Waals surface area contributed by atoms with Crippen LogP contribution < -0.4 is 0 Å². The van der Waals surface area contributed by atoms with Crippen molar-refractivity contribution in [1.82, 2.24) is 14.7 Å². The fraction of sp³-hybridized carbons (Fsp3) is 0.333. The molecule has 1 aromatic carbocycles. The molecule has 10 nitrogen and oxygen atoms in total. The van der Waals surface area contributed by atoms with E-state index in [2.05, 4.69) is 6.58 Å². The summed E-state index contributed by atoms with van der Waals surface area (Å²) in [6, 6.07) is 3.37. The number of ether oxygens (including phenoxy) is 1. The number of benzene rings is 1. The topological polar surface area (TPSA) is 121 Å². The number of imide groups is 2. The van der Waals surface area contributed by atoms with Gasteiger partial charge in [0.15, 0.2) is 12.1 Å². The quantitative estimate of drug-likeness (QED) is 0.284. The molecule has 0 bridgehead atoms. The highest BCUT2D eigenvalue weighted by atomic mass is 16.5. The minimum Gasteiger partial charge on any atom is -0.467 e. The molecule has 0 radical (unpaired) electrons. The van der Waals surface area contributed by atoms with Gasteiger partial charge >= 0.3 is 5.97 Å². The van der Waals surface area contributed by atoms with Crippen LogP contribution >= 0.6 is 0 Å². The van der Waals surface area contributed by atoms with E-state index in [9.17, 15) is 28.8 Å². The first-order valence-electron chi connectivity index (χ1n) is 9.58. The van der Waals surface area contributed by atoms with Crippen molar-refractivity contribution in [1.29, 1.82) is 0 Å². The second-order valence-corrected chi connectivity index (χ2v) is 7.56. The van der Waals surface area contributed by atoms with Crippen LogP contribution in [0.25, 0.3) is 0 Å². The van der Waals surface area contributed by atoms with Crippen molar-refractivity contribution in [3.05, 3.63) is 47.5 Å². The Kier molecular flexibility index (Phi) is 4.72. The number of likely N-dealkylation sites (tertiary alicyclic amines) is 2. The molecule has 3 heterocycles. The smallest absolute Gasteiger partial charge is 0.332 e. The molecule has 3 aliphatic heterocycles. The molecular formula is C21H19N3O7. The molecule has 31 heavy (non-hydrogen) atoms. The van der Waals surface area contributed by atoms with Gasteiger partial charge in [0.2, 0.25) is 11.8 Å². The first kappa shape index (κ1) is 20.5. The van der Waals surface area contributed by atoms with Crippen molar-refractivity contribution < 1.29 is 33.5 Å². The highest BCUT2D eigenvalue weighted by Crippen LogP contribution is 2.38. The van der Waals surface area contributed by atoms with E-state index < -0.39 is 53.8 Å². The molecule has 160 valence electrons. The number of carbonyl (C=O) groups is 6. The minimum absolute atomic E-state index is 0.0673. The van der Waals surface area contributed by atoms with E-state index in [1.807, 2.05) is 0 Å². The molecule has 0 N–H and O–H groups in total. The summed E-state index contributed by atoms with van der Waals surface area (Å²) in [6.45, 7) is 5.21. The summed E-state index contributed by atoms with van der Waals surface area (Å²) in [5, 5.41) is 0. The summed E-state index contributed by atoms with van der Waals surface area (Å²) >= 11 is 0. The van der Waals surface area contributed by atoms with Gasteiger partial charge in [-0.05, 0) is 24.6 Å². The molecule has 2 fully saturated rings. The zero-order valence-electron chi connectivity index (χ0n) is 16.9. The Bertz CT molecular complexity index is 1030. The van der Waals surface area contributed by atoms with E-state index in [4.69, 9.17) is 4.74 Å². The van der Waals surface area contributed by atoms with Crippen molar-refractivity contribution in [2.75, 3.05) is 7.11 Å². The maximum absolute atomic E-state index is 13.2. The van der Waals surface area contributed by atoms with Crippen LogP contribution in [0.4, 0.5) is 0 Å². The molecule has 0 aromatic heterocycles. The zero-order valence-corrected chi connectivity index (χ0v) is 16.9. The molecule has 1 aromatic rings. The summed E-state index contributed by atoms with van der Waals surface area (Å²) in [5.74, 6) is -4.09. The molecule has 0 aliphatic carbocycles. The molecule has 10 heteroatoms. The highest BCUT2D eigenvalue weighted by molar-refractivity contribution is 6.23. The molecular weight excluding hydrogens is 406 g/mol. The van der Waals surface area contributed by atoms with Crippen LogP contribution in [0, 0.1) is 0 Å². The average molecular weight is 425 g/mol. The lowest BCUT2D eigenvalue weighted by Gasteiger charge is -2.54. The number of nitrogens with zero attached hydrogens (tertiary/aromatic N) is 3. The second kappa shape index (κ2) is 7.15. The fourth-order valence-corrected chi connectivity index (χ4v) is 4.28. The first-order chi connectivity index (χ1) is 14.7. The van der Waals surface area contributed by atoms with E-state index in [1.165, 1.54) is 19.1 Å². The number of esters is 1. The SMILES string of the molecule is C=C(C)C(C(=O)OC)N1C(=O)[C@@H](N2C(=O)c3ccccc3C2=O)[C@H]1N1C(=O)CCC1=O. The number of rotatable bonds is 5. The maximum Gasteiger partial charge on any atom is 0.332 e. The van der Waals surface area contributed by atoms with Crippen LogP contribution in [0.15, 0.2) is 36.4 Å². The normalized spacial score (nSPS) is 23.8. The summed E-state index contributed by atoms with van der Waals surface area (Å²) in [6.07, 6.45) is -1.46. The number of carbonyl (C=O) groups excluding carboxylic acids is 6. The standard InChI is InChI=1S/C21H19N3O7/c1-10(2)15(21(30)31-3)23-17(22-13(25)8-9-14(22)26)16(20(23)29)24-18(27)11-6-4-5-7-12(11)19(24)28/h4-7,15-17H,1,8-9H2,2-3H3/t15?,16-,17-/m0/s1. The number of methoxy groups -OCH3 is 1. The van der Waals surface area contributed by atoms with E-state index >= 15 is 0 Å².